The molecule has 0 saturated heterocycles. The molecule has 1 rings (SSSR count). The molecule has 1 aromatic carbocycles. The van der Waals surface area contributed by atoms with E-state index in [4.69, 9.17) is 5.14 Å². The standard InChI is InChI=1S/C18H31NO2S/c1-4-7-10-15-13-14-18(22(19,20)21)17(12-9-6-3)16(15)11-8-5-2/h13-14H,4-12H2,1-3H3,(H2,19,20,21). The lowest BCUT2D eigenvalue weighted by atomic mass is 9.91. The maximum atomic E-state index is 11.9. The quantitative estimate of drug-likeness (QED) is 0.694. The van der Waals surface area contributed by atoms with Crippen LogP contribution in [0.1, 0.15) is 76.0 Å². The number of rotatable bonds is 10. The minimum atomic E-state index is -3.65. The van der Waals surface area contributed by atoms with Crippen molar-refractivity contribution < 1.29 is 8.42 Å². The highest BCUT2D eigenvalue weighted by Crippen LogP contribution is 2.27. The number of hydrogen-bond donors (Lipinski definition) is 1. The van der Waals surface area contributed by atoms with Crippen molar-refractivity contribution in [2.24, 2.45) is 5.14 Å². The second-order valence-corrected chi connectivity index (χ2v) is 7.57. The summed E-state index contributed by atoms with van der Waals surface area (Å²) in [6, 6.07) is 3.70. The average molecular weight is 326 g/mol. The van der Waals surface area contributed by atoms with Crippen molar-refractivity contribution in [3.05, 3.63) is 28.8 Å². The van der Waals surface area contributed by atoms with Gasteiger partial charge in [0, 0.05) is 0 Å². The van der Waals surface area contributed by atoms with E-state index in [1.165, 1.54) is 11.1 Å². The van der Waals surface area contributed by atoms with Crippen LogP contribution in [0.4, 0.5) is 0 Å². The molecule has 0 atom stereocenters. The van der Waals surface area contributed by atoms with Crippen LogP contribution in [0, 0.1) is 0 Å². The summed E-state index contributed by atoms with van der Waals surface area (Å²) in [5.74, 6) is 0. The molecule has 126 valence electrons. The topological polar surface area (TPSA) is 60.2 Å². The Morgan fingerprint density at radius 1 is 0.818 bits per heavy atom. The Morgan fingerprint density at radius 3 is 1.82 bits per heavy atom. The summed E-state index contributed by atoms with van der Waals surface area (Å²) in [5.41, 5.74) is 3.54. The summed E-state index contributed by atoms with van der Waals surface area (Å²) < 4.78 is 23.9. The lowest BCUT2D eigenvalue weighted by Gasteiger charge is -2.18. The van der Waals surface area contributed by atoms with Crippen LogP contribution in [0.5, 0.6) is 0 Å². The third-order valence-electron chi connectivity index (χ3n) is 4.15. The van der Waals surface area contributed by atoms with E-state index < -0.39 is 10.0 Å². The Balaban J connectivity index is 3.36. The van der Waals surface area contributed by atoms with Crippen molar-refractivity contribution >= 4 is 10.0 Å². The molecule has 0 heterocycles. The number of benzene rings is 1. The van der Waals surface area contributed by atoms with Gasteiger partial charge in [-0.2, -0.15) is 0 Å². The van der Waals surface area contributed by atoms with Crippen molar-refractivity contribution in [3.8, 4) is 0 Å². The third kappa shape index (κ3) is 5.40. The lowest BCUT2D eigenvalue weighted by molar-refractivity contribution is 0.595. The van der Waals surface area contributed by atoms with Crippen LogP contribution >= 0.6 is 0 Å². The molecule has 0 aliphatic rings. The van der Waals surface area contributed by atoms with E-state index in [0.29, 0.717) is 4.90 Å². The van der Waals surface area contributed by atoms with Gasteiger partial charge in [0.15, 0.2) is 0 Å². The van der Waals surface area contributed by atoms with E-state index in [2.05, 4.69) is 20.8 Å². The average Bonchev–Trinajstić information content (AvgIpc) is 2.47. The van der Waals surface area contributed by atoms with Gasteiger partial charge in [-0.25, -0.2) is 13.6 Å². The molecule has 3 nitrogen and oxygen atoms in total. The first-order chi connectivity index (χ1) is 10.5. The third-order valence-corrected chi connectivity index (χ3v) is 5.15. The van der Waals surface area contributed by atoms with Gasteiger partial charge >= 0.3 is 0 Å². The molecule has 2 N–H and O–H groups in total. The summed E-state index contributed by atoms with van der Waals surface area (Å²) in [6.07, 6.45) is 9.33. The molecule has 0 unspecified atom stereocenters. The predicted molar refractivity (Wildman–Crippen MR) is 93.7 cm³/mol. The van der Waals surface area contributed by atoms with Gasteiger partial charge in [0.05, 0.1) is 4.90 Å². The van der Waals surface area contributed by atoms with Crippen LogP contribution in [0.15, 0.2) is 17.0 Å². The minimum absolute atomic E-state index is 0.340. The largest absolute Gasteiger partial charge is 0.238 e. The fraction of sp³-hybridized carbons (Fsp3) is 0.667. The SMILES string of the molecule is CCCCc1ccc(S(N)(=O)=O)c(CCCC)c1CCCC. The van der Waals surface area contributed by atoms with E-state index in [9.17, 15) is 8.42 Å². The monoisotopic (exact) mass is 325 g/mol. The number of primary sulfonamides is 1. The fourth-order valence-corrected chi connectivity index (χ4v) is 3.71. The lowest BCUT2D eigenvalue weighted by Crippen LogP contribution is -2.17. The molecule has 0 aromatic heterocycles. The molecule has 0 saturated carbocycles. The first-order valence-corrected chi connectivity index (χ1v) is 10.2. The second kappa shape index (κ2) is 9.31. The summed E-state index contributed by atoms with van der Waals surface area (Å²) in [7, 11) is -3.65. The maximum Gasteiger partial charge on any atom is 0.238 e. The first-order valence-electron chi connectivity index (χ1n) is 8.62. The molecule has 1 aromatic rings. The zero-order valence-corrected chi connectivity index (χ0v) is 15.1. The first kappa shape index (κ1) is 19.2. The number of nitrogens with two attached hydrogens (primary N) is 1. The molecular weight excluding hydrogens is 294 g/mol. The van der Waals surface area contributed by atoms with Gasteiger partial charge in [-0.15, -0.1) is 0 Å². The molecule has 0 spiro atoms. The molecule has 22 heavy (non-hydrogen) atoms. The van der Waals surface area contributed by atoms with Gasteiger partial charge in [0.1, 0.15) is 0 Å². The number of hydrogen-bond acceptors (Lipinski definition) is 2. The number of unbranched alkanes of at least 4 members (excludes halogenated alkanes) is 3. The predicted octanol–water partition coefficient (Wildman–Crippen LogP) is 4.36. The summed E-state index contributed by atoms with van der Waals surface area (Å²) in [4.78, 5) is 0.340. The van der Waals surface area contributed by atoms with Crippen molar-refractivity contribution in [1.82, 2.24) is 0 Å². The van der Waals surface area contributed by atoms with Gasteiger partial charge in [-0.1, -0.05) is 46.1 Å². The number of sulfonamides is 1. The normalized spacial score (nSPS) is 11.8. The zero-order valence-electron chi connectivity index (χ0n) is 14.3. The molecule has 0 fully saturated rings. The zero-order chi connectivity index (χ0) is 16.6. The van der Waals surface area contributed by atoms with Crippen LogP contribution in [-0.2, 0) is 29.3 Å². The van der Waals surface area contributed by atoms with Gasteiger partial charge in [0.25, 0.3) is 0 Å². The Morgan fingerprint density at radius 2 is 1.32 bits per heavy atom. The van der Waals surface area contributed by atoms with Crippen molar-refractivity contribution in [2.45, 2.75) is 83.5 Å². The van der Waals surface area contributed by atoms with Crippen molar-refractivity contribution in [1.29, 1.82) is 0 Å². The van der Waals surface area contributed by atoms with E-state index in [0.717, 1.165) is 63.4 Å². The van der Waals surface area contributed by atoms with Gasteiger partial charge in [0.2, 0.25) is 10.0 Å². The molecule has 0 bridgehead atoms. The van der Waals surface area contributed by atoms with E-state index in [-0.39, 0.29) is 0 Å². The second-order valence-electron chi connectivity index (χ2n) is 6.04. The molecule has 0 aliphatic heterocycles. The van der Waals surface area contributed by atoms with Crippen LogP contribution in [-0.4, -0.2) is 8.42 Å². The Kier molecular flexibility index (Phi) is 8.12. The van der Waals surface area contributed by atoms with Gasteiger partial charge in [-0.05, 0) is 61.3 Å². The summed E-state index contributed by atoms with van der Waals surface area (Å²) >= 11 is 0. The highest BCUT2D eigenvalue weighted by Gasteiger charge is 2.19. The Labute approximate surface area is 136 Å². The van der Waals surface area contributed by atoms with Gasteiger partial charge in [-0.3, -0.25) is 0 Å². The molecule has 0 amide bonds. The van der Waals surface area contributed by atoms with E-state index in [1.807, 2.05) is 6.07 Å². The Bertz CT molecular complexity index is 565. The van der Waals surface area contributed by atoms with E-state index in [1.54, 1.807) is 6.07 Å². The molecule has 0 radical (unpaired) electrons. The molecule has 0 aliphatic carbocycles. The van der Waals surface area contributed by atoms with Crippen molar-refractivity contribution in [2.75, 3.05) is 0 Å². The fourth-order valence-electron chi connectivity index (χ4n) is 2.88. The van der Waals surface area contributed by atoms with Gasteiger partial charge < -0.3 is 0 Å². The maximum absolute atomic E-state index is 11.9. The smallest absolute Gasteiger partial charge is 0.225 e. The molecule has 4 heteroatoms. The molecular formula is C18H31NO2S. The van der Waals surface area contributed by atoms with Crippen LogP contribution < -0.4 is 5.14 Å². The van der Waals surface area contributed by atoms with Crippen LogP contribution in [0.2, 0.25) is 0 Å². The summed E-state index contributed by atoms with van der Waals surface area (Å²) in [5, 5.41) is 5.45. The van der Waals surface area contributed by atoms with Crippen molar-refractivity contribution in [3.63, 3.8) is 0 Å². The Hall–Kier alpha value is -0.870. The minimum Gasteiger partial charge on any atom is -0.225 e. The van der Waals surface area contributed by atoms with E-state index >= 15 is 0 Å². The summed E-state index contributed by atoms with van der Waals surface area (Å²) in [6.45, 7) is 6.48. The highest BCUT2D eigenvalue weighted by atomic mass is 32.2. The van der Waals surface area contributed by atoms with Crippen LogP contribution in [0.25, 0.3) is 0 Å². The highest BCUT2D eigenvalue weighted by molar-refractivity contribution is 7.89. The van der Waals surface area contributed by atoms with Crippen LogP contribution in [0.3, 0.4) is 0 Å². The number of aryl methyl sites for hydroxylation is 1.